The Labute approximate surface area is 131 Å². The van der Waals surface area contributed by atoms with E-state index in [1.54, 1.807) is 0 Å². The Bertz CT molecular complexity index is 522. The van der Waals surface area contributed by atoms with Gasteiger partial charge in [-0.05, 0) is 56.8 Å². The SMILES string of the molecule is COC(=O)C1CCN(C(c2cccc(CN)n2)C2CC2)CC1. The number of hydrogen-bond donors (Lipinski definition) is 1. The maximum absolute atomic E-state index is 11.7. The molecule has 1 aromatic heterocycles. The van der Waals surface area contributed by atoms with Gasteiger partial charge in [-0.25, -0.2) is 0 Å². The predicted molar refractivity (Wildman–Crippen MR) is 83.9 cm³/mol. The van der Waals surface area contributed by atoms with Crippen molar-refractivity contribution in [2.75, 3.05) is 20.2 Å². The van der Waals surface area contributed by atoms with Crippen LogP contribution in [0.4, 0.5) is 0 Å². The molecule has 1 aromatic rings. The summed E-state index contributed by atoms with van der Waals surface area (Å²) in [5, 5.41) is 0. The number of likely N-dealkylation sites (tertiary alicyclic amines) is 1. The highest BCUT2D eigenvalue weighted by molar-refractivity contribution is 5.72. The number of aromatic nitrogens is 1. The topological polar surface area (TPSA) is 68.5 Å². The third-order valence-electron chi connectivity index (χ3n) is 4.87. The van der Waals surface area contributed by atoms with Crippen molar-refractivity contribution in [3.05, 3.63) is 29.6 Å². The van der Waals surface area contributed by atoms with Crippen LogP contribution in [-0.4, -0.2) is 36.1 Å². The molecule has 2 aliphatic rings. The Morgan fingerprint density at radius 3 is 2.68 bits per heavy atom. The largest absolute Gasteiger partial charge is 0.469 e. The first-order chi connectivity index (χ1) is 10.7. The Balaban J connectivity index is 1.71. The van der Waals surface area contributed by atoms with Crippen LogP contribution in [0.2, 0.25) is 0 Å². The minimum atomic E-state index is -0.0640. The summed E-state index contributed by atoms with van der Waals surface area (Å²) in [4.78, 5) is 18.9. The fourth-order valence-corrected chi connectivity index (χ4v) is 3.50. The quantitative estimate of drug-likeness (QED) is 0.841. The van der Waals surface area contributed by atoms with Gasteiger partial charge >= 0.3 is 5.97 Å². The zero-order valence-electron chi connectivity index (χ0n) is 13.2. The highest BCUT2D eigenvalue weighted by Crippen LogP contribution is 2.45. The number of esters is 1. The third kappa shape index (κ3) is 3.31. The van der Waals surface area contributed by atoms with Crippen LogP contribution in [0.3, 0.4) is 0 Å². The molecule has 0 spiro atoms. The maximum atomic E-state index is 11.7. The van der Waals surface area contributed by atoms with Gasteiger partial charge in [-0.2, -0.15) is 0 Å². The summed E-state index contributed by atoms with van der Waals surface area (Å²) < 4.78 is 4.88. The van der Waals surface area contributed by atoms with E-state index in [0.717, 1.165) is 37.3 Å². The van der Waals surface area contributed by atoms with Crippen LogP contribution in [0, 0.1) is 11.8 Å². The van der Waals surface area contributed by atoms with Crippen molar-refractivity contribution in [3.8, 4) is 0 Å². The van der Waals surface area contributed by atoms with E-state index >= 15 is 0 Å². The highest BCUT2D eigenvalue weighted by Gasteiger charge is 2.39. The summed E-state index contributed by atoms with van der Waals surface area (Å²) >= 11 is 0. The Morgan fingerprint density at radius 1 is 1.36 bits per heavy atom. The van der Waals surface area contributed by atoms with Gasteiger partial charge in [-0.1, -0.05) is 6.07 Å². The van der Waals surface area contributed by atoms with E-state index in [4.69, 9.17) is 15.5 Å². The van der Waals surface area contributed by atoms with E-state index in [2.05, 4.69) is 17.0 Å². The molecule has 120 valence electrons. The molecule has 0 radical (unpaired) electrons. The molecule has 1 saturated heterocycles. The van der Waals surface area contributed by atoms with E-state index in [1.165, 1.54) is 20.0 Å². The monoisotopic (exact) mass is 303 g/mol. The first-order valence-electron chi connectivity index (χ1n) is 8.20. The number of carbonyl (C=O) groups is 1. The van der Waals surface area contributed by atoms with E-state index in [1.807, 2.05) is 6.07 Å². The van der Waals surface area contributed by atoms with Crippen LogP contribution < -0.4 is 5.73 Å². The molecule has 1 saturated carbocycles. The van der Waals surface area contributed by atoms with E-state index in [9.17, 15) is 4.79 Å². The molecule has 5 heteroatoms. The zero-order valence-corrected chi connectivity index (χ0v) is 13.2. The van der Waals surface area contributed by atoms with Crippen molar-refractivity contribution in [1.29, 1.82) is 0 Å². The summed E-state index contributed by atoms with van der Waals surface area (Å²) in [6.45, 7) is 2.36. The first-order valence-corrected chi connectivity index (χ1v) is 8.20. The molecular formula is C17H25N3O2. The number of ether oxygens (including phenoxy) is 1. The van der Waals surface area contributed by atoms with Gasteiger partial charge in [0.05, 0.1) is 30.5 Å². The lowest BCUT2D eigenvalue weighted by Gasteiger charge is -2.36. The molecular weight excluding hydrogens is 278 g/mol. The molecule has 3 rings (SSSR count). The second-order valence-corrected chi connectivity index (χ2v) is 6.37. The predicted octanol–water partition coefficient (Wildman–Crippen LogP) is 1.88. The summed E-state index contributed by atoms with van der Waals surface area (Å²) in [5.41, 5.74) is 7.82. The van der Waals surface area contributed by atoms with Gasteiger partial charge in [0.2, 0.25) is 0 Å². The van der Waals surface area contributed by atoms with Crippen molar-refractivity contribution in [2.24, 2.45) is 17.6 Å². The lowest BCUT2D eigenvalue weighted by atomic mass is 9.94. The van der Waals surface area contributed by atoms with Crippen molar-refractivity contribution in [3.63, 3.8) is 0 Å². The number of methoxy groups -OCH3 is 1. The van der Waals surface area contributed by atoms with Crippen molar-refractivity contribution in [2.45, 2.75) is 38.3 Å². The second-order valence-electron chi connectivity index (χ2n) is 6.37. The fraction of sp³-hybridized carbons (Fsp3) is 0.647. The average molecular weight is 303 g/mol. The normalized spacial score (nSPS) is 21.5. The zero-order chi connectivity index (χ0) is 15.5. The molecule has 1 aliphatic carbocycles. The van der Waals surface area contributed by atoms with E-state index in [-0.39, 0.29) is 11.9 Å². The molecule has 0 amide bonds. The van der Waals surface area contributed by atoms with Crippen molar-refractivity contribution in [1.82, 2.24) is 9.88 Å². The van der Waals surface area contributed by atoms with Crippen LogP contribution in [0.25, 0.3) is 0 Å². The number of nitrogens with zero attached hydrogens (tertiary/aromatic N) is 2. The molecule has 2 fully saturated rings. The van der Waals surface area contributed by atoms with Gasteiger partial charge in [0.15, 0.2) is 0 Å². The number of pyridine rings is 1. The van der Waals surface area contributed by atoms with Crippen molar-refractivity contribution < 1.29 is 9.53 Å². The van der Waals surface area contributed by atoms with E-state index < -0.39 is 0 Å². The van der Waals surface area contributed by atoms with Crippen LogP contribution in [0.5, 0.6) is 0 Å². The minimum absolute atomic E-state index is 0.0597. The van der Waals surface area contributed by atoms with Crippen LogP contribution >= 0.6 is 0 Å². The van der Waals surface area contributed by atoms with Crippen LogP contribution in [-0.2, 0) is 16.1 Å². The number of carbonyl (C=O) groups excluding carboxylic acids is 1. The second kappa shape index (κ2) is 6.75. The third-order valence-corrected chi connectivity index (χ3v) is 4.87. The minimum Gasteiger partial charge on any atom is -0.469 e. The maximum Gasteiger partial charge on any atom is 0.308 e. The van der Waals surface area contributed by atoms with Crippen molar-refractivity contribution >= 4 is 5.97 Å². The highest BCUT2D eigenvalue weighted by atomic mass is 16.5. The molecule has 5 nitrogen and oxygen atoms in total. The number of piperidine rings is 1. The molecule has 1 atom stereocenters. The number of rotatable bonds is 5. The number of hydrogen-bond acceptors (Lipinski definition) is 5. The molecule has 1 unspecified atom stereocenters. The van der Waals surface area contributed by atoms with Crippen LogP contribution in [0.1, 0.15) is 43.1 Å². The molecule has 2 heterocycles. The Kier molecular flexibility index (Phi) is 4.74. The Hall–Kier alpha value is -1.46. The average Bonchev–Trinajstić information content (AvgIpc) is 3.40. The van der Waals surface area contributed by atoms with Gasteiger partial charge in [0, 0.05) is 6.54 Å². The Morgan fingerprint density at radius 2 is 2.09 bits per heavy atom. The smallest absolute Gasteiger partial charge is 0.308 e. The fourth-order valence-electron chi connectivity index (χ4n) is 3.50. The van der Waals surface area contributed by atoms with Gasteiger partial charge in [-0.3, -0.25) is 14.7 Å². The van der Waals surface area contributed by atoms with E-state index in [0.29, 0.717) is 18.5 Å². The summed E-state index contributed by atoms with van der Waals surface area (Å²) in [6.07, 6.45) is 4.31. The molecule has 1 aliphatic heterocycles. The standard InChI is InChI=1S/C17H25N3O2/c1-22-17(21)13-7-9-20(10-8-13)16(12-5-6-12)15-4-2-3-14(11-18)19-15/h2-4,12-13,16H,5-11,18H2,1H3. The summed E-state index contributed by atoms with van der Waals surface area (Å²) in [6, 6.07) is 6.54. The molecule has 0 bridgehead atoms. The van der Waals surface area contributed by atoms with Gasteiger partial charge < -0.3 is 10.5 Å². The van der Waals surface area contributed by atoms with Gasteiger partial charge in [0.1, 0.15) is 0 Å². The van der Waals surface area contributed by atoms with Gasteiger partial charge in [0.25, 0.3) is 0 Å². The van der Waals surface area contributed by atoms with Crippen LogP contribution in [0.15, 0.2) is 18.2 Å². The lowest BCUT2D eigenvalue weighted by Crippen LogP contribution is -2.40. The summed E-state index contributed by atoms with van der Waals surface area (Å²) in [7, 11) is 1.48. The van der Waals surface area contributed by atoms with Gasteiger partial charge in [-0.15, -0.1) is 0 Å². The first kappa shape index (κ1) is 15.4. The summed E-state index contributed by atoms with van der Waals surface area (Å²) in [5.74, 6) is 0.700. The lowest BCUT2D eigenvalue weighted by molar-refractivity contribution is -0.147. The molecule has 22 heavy (non-hydrogen) atoms. The number of nitrogens with two attached hydrogens (primary N) is 1. The molecule has 0 aromatic carbocycles. The molecule has 2 N–H and O–H groups in total.